The molecule has 0 aliphatic heterocycles. The lowest BCUT2D eigenvalue weighted by Gasteiger charge is -2.06. The van der Waals surface area contributed by atoms with Crippen molar-refractivity contribution in [3.63, 3.8) is 0 Å². The summed E-state index contributed by atoms with van der Waals surface area (Å²) >= 11 is 5.83. The SMILES string of the molecule is Cc1ccc(-c2noc(CCC(=O)NNC(=O)c3cccc(Cl)c3)n2)cc1. The molecule has 0 aliphatic carbocycles. The van der Waals surface area contributed by atoms with Crippen molar-refractivity contribution >= 4 is 23.4 Å². The smallest absolute Gasteiger partial charge is 0.269 e. The van der Waals surface area contributed by atoms with Gasteiger partial charge in [0.2, 0.25) is 17.6 Å². The molecule has 0 aliphatic rings. The molecule has 138 valence electrons. The van der Waals surface area contributed by atoms with Crippen LogP contribution in [0.4, 0.5) is 0 Å². The summed E-state index contributed by atoms with van der Waals surface area (Å²) in [5.41, 5.74) is 7.01. The molecule has 0 spiro atoms. The predicted molar refractivity (Wildman–Crippen MR) is 99.9 cm³/mol. The Morgan fingerprint density at radius 1 is 1.11 bits per heavy atom. The fourth-order valence-corrected chi connectivity index (χ4v) is 2.48. The highest BCUT2D eigenvalue weighted by Crippen LogP contribution is 2.16. The van der Waals surface area contributed by atoms with Crippen molar-refractivity contribution in [1.82, 2.24) is 21.0 Å². The number of carbonyl (C=O) groups is 2. The first-order valence-electron chi connectivity index (χ1n) is 8.25. The lowest BCUT2D eigenvalue weighted by atomic mass is 10.1. The van der Waals surface area contributed by atoms with Crippen molar-refractivity contribution < 1.29 is 14.1 Å². The molecule has 0 atom stereocenters. The van der Waals surface area contributed by atoms with Gasteiger partial charge in [-0.05, 0) is 25.1 Å². The standard InChI is InChI=1S/C19H17ClN4O3/c1-12-5-7-13(8-6-12)18-21-17(27-24-18)10-9-16(25)22-23-19(26)14-3-2-4-15(20)11-14/h2-8,11H,9-10H2,1H3,(H,22,25)(H,23,26). The van der Waals surface area contributed by atoms with Crippen LogP contribution in [-0.2, 0) is 11.2 Å². The van der Waals surface area contributed by atoms with Gasteiger partial charge in [0.25, 0.3) is 5.91 Å². The number of hydrogen-bond donors (Lipinski definition) is 2. The van der Waals surface area contributed by atoms with E-state index in [1.165, 1.54) is 6.07 Å². The molecule has 0 bridgehead atoms. The Bertz CT molecular complexity index is 954. The molecule has 1 aromatic heterocycles. The van der Waals surface area contributed by atoms with Crippen LogP contribution in [0.3, 0.4) is 0 Å². The molecule has 2 amide bonds. The molecule has 0 saturated carbocycles. The minimum atomic E-state index is -0.453. The zero-order valence-corrected chi connectivity index (χ0v) is 15.3. The average Bonchev–Trinajstić information content (AvgIpc) is 3.14. The van der Waals surface area contributed by atoms with E-state index >= 15 is 0 Å². The Labute approximate surface area is 160 Å². The van der Waals surface area contributed by atoms with Crippen LogP contribution < -0.4 is 10.9 Å². The number of nitrogens with one attached hydrogen (secondary N) is 2. The van der Waals surface area contributed by atoms with Crippen LogP contribution in [0.15, 0.2) is 53.1 Å². The molecule has 2 aromatic carbocycles. The molecular formula is C19H17ClN4O3. The number of aryl methyl sites for hydroxylation is 2. The Kier molecular flexibility index (Phi) is 5.83. The molecule has 1 heterocycles. The summed E-state index contributed by atoms with van der Waals surface area (Å²) in [5.74, 6) is -0.00711. The second-order valence-corrected chi connectivity index (χ2v) is 6.33. The van der Waals surface area contributed by atoms with E-state index in [9.17, 15) is 9.59 Å². The van der Waals surface area contributed by atoms with E-state index in [-0.39, 0.29) is 18.7 Å². The van der Waals surface area contributed by atoms with Crippen molar-refractivity contribution in [2.75, 3.05) is 0 Å². The molecule has 0 unspecified atom stereocenters. The summed E-state index contributed by atoms with van der Waals surface area (Å²) in [6.45, 7) is 2.00. The second-order valence-electron chi connectivity index (χ2n) is 5.89. The van der Waals surface area contributed by atoms with Crippen LogP contribution in [0.2, 0.25) is 5.02 Å². The highest BCUT2D eigenvalue weighted by atomic mass is 35.5. The molecular weight excluding hydrogens is 368 g/mol. The van der Waals surface area contributed by atoms with Gasteiger partial charge >= 0.3 is 0 Å². The van der Waals surface area contributed by atoms with Crippen LogP contribution in [0.25, 0.3) is 11.4 Å². The van der Waals surface area contributed by atoms with Crippen LogP contribution in [0.1, 0.15) is 28.2 Å². The van der Waals surface area contributed by atoms with Gasteiger partial charge in [-0.25, -0.2) is 0 Å². The third kappa shape index (κ3) is 5.15. The first-order valence-corrected chi connectivity index (χ1v) is 8.63. The number of nitrogens with zero attached hydrogens (tertiary/aromatic N) is 2. The predicted octanol–water partition coefficient (Wildman–Crippen LogP) is 3.09. The van der Waals surface area contributed by atoms with Gasteiger partial charge in [-0.1, -0.05) is 52.7 Å². The van der Waals surface area contributed by atoms with Crippen molar-refractivity contribution in [3.05, 3.63) is 70.6 Å². The van der Waals surface area contributed by atoms with Crippen molar-refractivity contribution in [3.8, 4) is 11.4 Å². The lowest BCUT2D eigenvalue weighted by Crippen LogP contribution is -2.41. The molecule has 0 saturated heterocycles. The highest BCUT2D eigenvalue weighted by Gasteiger charge is 2.12. The van der Waals surface area contributed by atoms with Gasteiger partial charge in [0, 0.05) is 29.0 Å². The Morgan fingerprint density at radius 2 is 1.89 bits per heavy atom. The number of rotatable bonds is 5. The van der Waals surface area contributed by atoms with E-state index in [0.29, 0.717) is 22.3 Å². The minimum Gasteiger partial charge on any atom is -0.339 e. The van der Waals surface area contributed by atoms with E-state index in [1.54, 1.807) is 18.2 Å². The van der Waals surface area contributed by atoms with Gasteiger partial charge < -0.3 is 4.52 Å². The first-order chi connectivity index (χ1) is 13.0. The zero-order chi connectivity index (χ0) is 19.2. The number of benzene rings is 2. The molecule has 0 radical (unpaired) electrons. The fraction of sp³-hybridized carbons (Fsp3) is 0.158. The van der Waals surface area contributed by atoms with E-state index in [4.69, 9.17) is 16.1 Å². The monoisotopic (exact) mass is 384 g/mol. The number of halogens is 1. The summed E-state index contributed by atoms with van der Waals surface area (Å²) < 4.78 is 5.16. The van der Waals surface area contributed by atoms with Crippen molar-refractivity contribution in [1.29, 1.82) is 0 Å². The number of carbonyl (C=O) groups excluding carboxylic acids is 2. The maximum absolute atomic E-state index is 11.9. The summed E-state index contributed by atoms with van der Waals surface area (Å²) in [5, 5.41) is 4.36. The van der Waals surface area contributed by atoms with Crippen LogP contribution >= 0.6 is 11.6 Å². The number of hydrazine groups is 1. The molecule has 7 nitrogen and oxygen atoms in total. The zero-order valence-electron chi connectivity index (χ0n) is 14.5. The van der Waals surface area contributed by atoms with E-state index < -0.39 is 5.91 Å². The third-order valence-electron chi connectivity index (χ3n) is 3.75. The summed E-state index contributed by atoms with van der Waals surface area (Å²) in [4.78, 5) is 28.1. The van der Waals surface area contributed by atoms with E-state index in [1.807, 2.05) is 31.2 Å². The number of aromatic nitrogens is 2. The van der Waals surface area contributed by atoms with Crippen LogP contribution in [0.5, 0.6) is 0 Å². The summed E-state index contributed by atoms with van der Waals surface area (Å²) in [6, 6.07) is 14.1. The molecule has 0 fully saturated rings. The molecule has 3 rings (SSSR count). The average molecular weight is 385 g/mol. The molecule has 8 heteroatoms. The number of hydrogen-bond acceptors (Lipinski definition) is 5. The Morgan fingerprint density at radius 3 is 2.63 bits per heavy atom. The summed E-state index contributed by atoms with van der Waals surface area (Å²) in [6.07, 6.45) is 0.350. The maximum atomic E-state index is 11.9. The summed E-state index contributed by atoms with van der Waals surface area (Å²) in [7, 11) is 0. The normalized spacial score (nSPS) is 10.4. The Balaban J connectivity index is 1.48. The van der Waals surface area contributed by atoms with Gasteiger partial charge in [-0.3, -0.25) is 20.4 Å². The lowest BCUT2D eigenvalue weighted by molar-refractivity contribution is -0.121. The van der Waals surface area contributed by atoms with Crippen molar-refractivity contribution in [2.24, 2.45) is 0 Å². The molecule has 27 heavy (non-hydrogen) atoms. The third-order valence-corrected chi connectivity index (χ3v) is 3.98. The highest BCUT2D eigenvalue weighted by molar-refractivity contribution is 6.30. The molecule has 3 aromatic rings. The van der Waals surface area contributed by atoms with Gasteiger partial charge in [0.15, 0.2) is 0 Å². The van der Waals surface area contributed by atoms with Crippen LogP contribution in [-0.4, -0.2) is 22.0 Å². The Hall–Kier alpha value is -3.19. The van der Waals surface area contributed by atoms with E-state index in [0.717, 1.165) is 11.1 Å². The molecule has 2 N–H and O–H groups in total. The van der Waals surface area contributed by atoms with Gasteiger partial charge in [-0.2, -0.15) is 4.98 Å². The second kappa shape index (κ2) is 8.46. The van der Waals surface area contributed by atoms with Gasteiger partial charge in [0.1, 0.15) is 0 Å². The van der Waals surface area contributed by atoms with E-state index in [2.05, 4.69) is 21.0 Å². The first kappa shape index (κ1) is 18.6. The van der Waals surface area contributed by atoms with Gasteiger partial charge in [-0.15, -0.1) is 0 Å². The number of amides is 2. The van der Waals surface area contributed by atoms with Crippen LogP contribution in [0, 0.1) is 6.92 Å². The van der Waals surface area contributed by atoms with Gasteiger partial charge in [0.05, 0.1) is 0 Å². The maximum Gasteiger partial charge on any atom is 0.269 e. The minimum absolute atomic E-state index is 0.0886. The largest absolute Gasteiger partial charge is 0.339 e. The topological polar surface area (TPSA) is 97.1 Å². The van der Waals surface area contributed by atoms with Crippen molar-refractivity contribution in [2.45, 2.75) is 19.8 Å². The quantitative estimate of drug-likeness (QED) is 0.659. The fourth-order valence-electron chi connectivity index (χ4n) is 2.29.